The number of pyridine rings is 1. The quantitative estimate of drug-likeness (QED) is 0.337. The van der Waals surface area contributed by atoms with Crippen molar-refractivity contribution in [2.45, 2.75) is 70.0 Å². The van der Waals surface area contributed by atoms with E-state index in [0.29, 0.717) is 0 Å². The molecule has 1 saturated heterocycles. The van der Waals surface area contributed by atoms with Crippen LogP contribution < -0.4 is 15.6 Å². The number of nitrogens with zero attached hydrogens (tertiary/aromatic N) is 3. The lowest BCUT2D eigenvalue weighted by Gasteiger charge is -2.36. The Hall–Kier alpha value is -3.08. The van der Waals surface area contributed by atoms with Crippen LogP contribution in [0.4, 0.5) is 30.4 Å². The van der Waals surface area contributed by atoms with E-state index in [9.17, 15) is 28.1 Å². The average molecular weight is 550 g/mol. The maximum Gasteiger partial charge on any atom is 0.423 e. The van der Waals surface area contributed by atoms with Gasteiger partial charge in [-0.15, -0.1) is 0 Å². The third-order valence-corrected chi connectivity index (χ3v) is 7.94. The second-order valence-corrected chi connectivity index (χ2v) is 10.8. The van der Waals surface area contributed by atoms with E-state index < -0.39 is 22.4 Å². The van der Waals surface area contributed by atoms with Crippen LogP contribution in [0.25, 0.3) is 0 Å². The molecule has 11 heteroatoms. The van der Waals surface area contributed by atoms with E-state index in [2.05, 4.69) is 20.1 Å². The van der Waals surface area contributed by atoms with Crippen molar-refractivity contribution in [2.75, 3.05) is 42.9 Å². The molecule has 2 aromatic rings. The highest BCUT2D eigenvalue weighted by atomic mass is 19.4. The summed E-state index contributed by atoms with van der Waals surface area (Å²) in [5, 5.41) is 13.7. The number of hydrogen-bond donors (Lipinski definition) is 2. The molecule has 3 aliphatic rings. The first-order valence-corrected chi connectivity index (χ1v) is 14.0. The van der Waals surface area contributed by atoms with Gasteiger partial charge in [0.2, 0.25) is 0 Å². The summed E-state index contributed by atoms with van der Waals surface area (Å²) in [6, 6.07) is 6.49. The third-order valence-electron chi connectivity index (χ3n) is 7.94. The Morgan fingerprint density at radius 2 is 1.62 bits per heavy atom. The van der Waals surface area contributed by atoms with Crippen molar-refractivity contribution in [3.05, 3.63) is 62.4 Å². The molecule has 1 aromatic heterocycles. The van der Waals surface area contributed by atoms with Crippen molar-refractivity contribution in [3.63, 3.8) is 0 Å². The molecule has 2 N–H and O–H groups in total. The Morgan fingerprint density at radius 3 is 2.23 bits per heavy atom. The van der Waals surface area contributed by atoms with E-state index in [1.54, 1.807) is 18.3 Å². The minimum absolute atomic E-state index is 0.0853. The second-order valence-electron chi connectivity index (χ2n) is 10.8. The molecule has 39 heavy (non-hydrogen) atoms. The first-order chi connectivity index (χ1) is 18.7. The number of nitro groups is 1. The van der Waals surface area contributed by atoms with Gasteiger partial charge < -0.3 is 15.2 Å². The first kappa shape index (κ1) is 28.9. The number of nitro benzene ring substituents is 1. The number of benzene rings is 1. The van der Waals surface area contributed by atoms with Gasteiger partial charge in [0.1, 0.15) is 11.4 Å². The Balaban J connectivity index is 0.000000181. The van der Waals surface area contributed by atoms with E-state index in [4.69, 9.17) is 0 Å². The van der Waals surface area contributed by atoms with Gasteiger partial charge in [0.05, 0.1) is 4.92 Å². The Bertz CT molecular complexity index is 1140. The van der Waals surface area contributed by atoms with Crippen LogP contribution in [-0.2, 0) is 6.18 Å². The molecule has 2 heterocycles. The lowest BCUT2D eigenvalue weighted by Crippen LogP contribution is -2.48. The van der Waals surface area contributed by atoms with Crippen molar-refractivity contribution in [2.24, 2.45) is 5.92 Å². The molecule has 214 valence electrons. The Morgan fingerprint density at radius 1 is 0.949 bits per heavy atom. The highest BCUT2D eigenvalue weighted by Crippen LogP contribution is 2.38. The van der Waals surface area contributed by atoms with Crippen molar-refractivity contribution >= 4 is 17.2 Å². The zero-order valence-electron chi connectivity index (χ0n) is 22.2. The molecule has 8 nitrogen and oxygen atoms in total. The number of piperazine rings is 1. The lowest BCUT2D eigenvalue weighted by molar-refractivity contribution is -0.388. The molecule has 1 aromatic carbocycles. The molecular weight excluding hydrogens is 511 g/mol. The molecule has 2 aliphatic carbocycles. The SMILES string of the molecule is O=[N+]([O-])c1ccc(NC2CCCCC2)cc1C(F)(F)F.O=c1cc[nH]c(N2CCN(CC3CCCC3)CC2)c1. The molecule has 0 atom stereocenters. The van der Waals surface area contributed by atoms with Gasteiger partial charge in [-0.1, -0.05) is 32.1 Å². The van der Waals surface area contributed by atoms with Crippen LogP contribution in [0.2, 0.25) is 0 Å². The zero-order chi connectivity index (χ0) is 27.8. The predicted molar refractivity (Wildman–Crippen MR) is 146 cm³/mol. The molecule has 1 aliphatic heterocycles. The third kappa shape index (κ3) is 8.45. The fourth-order valence-corrected chi connectivity index (χ4v) is 5.84. The standard InChI is InChI=1S/C15H23N3O.C13H15F3N2O2/c19-14-5-6-16-15(11-14)18-9-7-17(8-10-18)12-13-3-1-2-4-13;14-13(15,16)11-8-10(6-7-12(11)18(19)20)17-9-4-2-1-3-5-9/h5-6,11,13H,1-4,7-10,12H2,(H,16,19);6-9,17H,1-5H2. The van der Waals surface area contributed by atoms with E-state index in [1.165, 1.54) is 38.3 Å². The van der Waals surface area contributed by atoms with Crippen molar-refractivity contribution < 1.29 is 18.1 Å². The lowest BCUT2D eigenvalue weighted by atomic mass is 9.95. The summed E-state index contributed by atoms with van der Waals surface area (Å²) in [7, 11) is 0. The summed E-state index contributed by atoms with van der Waals surface area (Å²) in [5.74, 6) is 1.90. The van der Waals surface area contributed by atoms with Gasteiger partial charge >= 0.3 is 6.18 Å². The maximum atomic E-state index is 12.8. The molecule has 3 fully saturated rings. The predicted octanol–water partition coefficient (Wildman–Crippen LogP) is 6.05. The summed E-state index contributed by atoms with van der Waals surface area (Å²) in [4.78, 5) is 29.1. The minimum Gasteiger partial charge on any atom is -0.382 e. The molecule has 2 saturated carbocycles. The van der Waals surface area contributed by atoms with E-state index >= 15 is 0 Å². The van der Waals surface area contributed by atoms with E-state index in [-0.39, 0.29) is 17.2 Å². The highest BCUT2D eigenvalue weighted by Gasteiger charge is 2.38. The topological polar surface area (TPSA) is 94.5 Å². The number of halogens is 3. The van der Waals surface area contributed by atoms with Crippen LogP contribution in [-0.4, -0.2) is 53.6 Å². The molecule has 0 amide bonds. The molecule has 5 rings (SSSR count). The van der Waals surface area contributed by atoms with Crippen molar-refractivity contribution in [1.29, 1.82) is 0 Å². The van der Waals surface area contributed by atoms with Crippen molar-refractivity contribution in [3.8, 4) is 0 Å². The molecule has 0 bridgehead atoms. The highest BCUT2D eigenvalue weighted by molar-refractivity contribution is 5.55. The van der Waals surface area contributed by atoms with Gasteiger partial charge in [0.25, 0.3) is 5.69 Å². The van der Waals surface area contributed by atoms with Crippen LogP contribution >= 0.6 is 0 Å². The Kier molecular flexibility index (Phi) is 9.88. The van der Waals surface area contributed by atoms with Crippen LogP contribution in [0.3, 0.4) is 0 Å². The van der Waals surface area contributed by atoms with Gasteiger partial charge in [-0.25, -0.2) is 0 Å². The molecular formula is C28H38F3N5O3. The number of aromatic amines is 1. The van der Waals surface area contributed by atoms with E-state index in [1.807, 2.05) is 0 Å². The number of alkyl halides is 3. The first-order valence-electron chi connectivity index (χ1n) is 14.0. The van der Waals surface area contributed by atoms with Crippen LogP contribution in [0.5, 0.6) is 0 Å². The number of hydrogen-bond acceptors (Lipinski definition) is 6. The maximum absolute atomic E-state index is 12.8. The van der Waals surface area contributed by atoms with Crippen LogP contribution in [0.15, 0.2) is 41.3 Å². The van der Waals surface area contributed by atoms with Crippen LogP contribution in [0, 0.1) is 16.0 Å². The summed E-state index contributed by atoms with van der Waals surface area (Å²) in [5.41, 5.74) is -1.74. The Labute approximate surface area is 226 Å². The van der Waals surface area contributed by atoms with Gasteiger partial charge in [0, 0.05) is 68.8 Å². The summed E-state index contributed by atoms with van der Waals surface area (Å²) in [6.07, 6.45) is 7.79. The zero-order valence-corrected chi connectivity index (χ0v) is 22.2. The number of H-pyrrole nitrogens is 1. The smallest absolute Gasteiger partial charge is 0.382 e. The van der Waals surface area contributed by atoms with Crippen molar-refractivity contribution in [1.82, 2.24) is 9.88 Å². The summed E-state index contributed by atoms with van der Waals surface area (Å²) >= 11 is 0. The largest absolute Gasteiger partial charge is 0.423 e. The summed E-state index contributed by atoms with van der Waals surface area (Å²) < 4.78 is 38.5. The minimum atomic E-state index is -4.73. The average Bonchev–Trinajstić information content (AvgIpc) is 3.43. The van der Waals surface area contributed by atoms with Gasteiger partial charge in [-0.05, 0) is 43.7 Å². The second kappa shape index (κ2) is 13.3. The van der Waals surface area contributed by atoms with E-state index in [0.717, 1.165) is 82.2 Å². The van der Waals surface area contributed by atoms with Gasteiger partial charge in [-0.2, -0.15) is 13.2 Å². The number of aromatic nitrogens is 1. The normalized spacial score (nSPS) is 19.4. The monoisotopic (exact) mass is 549 g/mol. The van der Waals surface area contributed by atoms with Gasteiger partial charge in [-0.3, -0.25) is 19.8 Å². The molecule has 0 radical (unpaired) electrons. The number of anilines is 2. The molecule has 0 unspecified atom stereocenters. The van der Waals surface area contributed by atoms with Gasteiger partial charge in [0.15, 0.2) is 5.43 Å². The fraction of sp³-hybridized carbons (Fsp3) is 0.607. The summed E-state index contributed by atoms with van der Waals surface area (Å²) in [6.45, 7) is 5.55. The number of nitrogens with one attached hydrogen (secondary N) is 2. The number of rotatable bonds is 6. The molecule has 0 spiro atoms. The van der Waals surface area contributed by atoms with Crippen LogP contribution in [0.1, 0.15) is 63.4 Å². The fourth-order valence-electron chi connectivity index (χ4n) is 5.84.